The van der Waals surface area contributed by atoms with Crippen molar-refractivity contribution in [2.45, 2.75) is 44.2 Å². The molecule has 2 N–H and O–H groups in total. The van der Waals surface area contributed by atoms with Crippen LogP contribution in [0.2, 0.25) is 0 Å². The molecule has 0 aromatic carbocycles. The van der Waals surface area contributed by atoms with E-state index in [1.807, 2.05) is 0 Å². The van der Waals surface area contributed by atoms with E-state index in [0.717, 1.165) is 18.5 Å². The molecule has 1 aromatic heterocycles. The van der Waals surface area contributed by atoms with Crippen LogP contribution in [-0.4, -0.2) is 27.2 Å². The minimum atomic E-state index is -0.0875. The van der Waals surface area contributed by atoms with Gasteiger partial charge in [-0.05, 0) is 12.8 Å². The lowest BCUT2D eigenvalue weighted by molar-refractivity contribution is 0.119. The monoisotopic (exact) mass is 221 g/mol. The number of aromatic nitrogens is 2. The third-order valence-electron chi connectivity index (χ3n) is 3.37. The van der Waals surface area contributed by atoms with E-state index in [1.165, 1.54) is 19.3 Å². The fraction of sp³-hybridized carbons (Fsp3) is 0.667. The van der Waals surface area contributed by atoms with E-state index in [2.05, 4.69) is 15.3 Å². The molecular formula is C12H19N3O. The predicted molar refractivity (Wildman–Crippen MR) is 61.8 cm³/mol. The van der Waals surface area contributed by atoms with Crippen molar-refractivity contribution in [2.75, 3.05) is 6.61 Å². The molecule has 0 atom stereocenters. The Morgan fingerprint density at radius 3 is 2.69 bits per heavy atom. The van der Waals surface area contributed by atoms with Crippen LogP contribution in [0, 0.1) is 0 Å². The largest absolute Gasteiger partial charge is 0.394 e. The first kappa shape index (κ1) is 11.5. The van der Waals surface area contributed by atoms with Gasteiger partial charge in [-0.15, -0.1) is 0 Å². The smallest absolute Gasteiger partial charge is 0.0724 e. The molecular weight excluding hydrogens is 202 g/mol. The van der Waals surface area contributed by atoms with Gasteiger partial charge in [0, 0.05) is 30.7 Å². The third kappa shape index (κ3) is 2.77. The summed E-state index contributed by atoms with van der Waals surface area (Å²) in [4.78, 5) is 8.25. The van der Waals surface area contributed by atoms with Gasteiger partial charge in [-0.25, -0.2) is 0 Å². The molecule has 1 aliphatic carbocycles. The molecule has 0 bridgehead atoms. The molecule has 0 amide bonds. The van der Waals surface area contributed by atoms with Crippen molar-refractivity contribution in [1.82, 2.24) is 15.3 Å². The molecule has 1 heterocycles. The first-order chi connectivity index (χ1) is 7.85. The van der Waals surface area contributed by atoms with Gasteiger partial charge in [-0.1, -0.05) is 19.3 Å². The van der Waals surface area contributed by atoms with Gasteiger partial charge in [-0.2, -0.15) is 0 Å². The normalized spacial score (nSPS) is 19.6. The second-order valence-electron chi connectivity index (χ2n) is 4.55. The van der Waals surface area contributed by atoms with Crippen LogP contribution in [-0.2, 0) is 6.54 Å². The van der Waals surface area contributed by atoms with Gasteiger partial charge in [0.15, 0.2) is 0 Å². The van der Waals surface area contributed by atoms with Gasteiger partial charge in [0.2, 0.25) is 0 Å². The summed E-state index contributed by atoms with van der Waals surface area (Å²) in [7, 11) is 0. The van der Waals surface area contributed by atoms with Crippen molar-refractivity contribution in [1.29, 1.82) is 0 Å². The van der Waals surface area contributed by atoms with E-state index in [9.17, 15) is 5.11 Å². The van der Waals surface area contributed by atoms with Crippen molar-refractivity contribution >= 4 is 0 Å². The molecule has 1 fully saturated rings. The molecule has 1 saturated carbocycles. The molecule has 0 aliphatic heterocycles. The van der Waals surface area contributed by atoms with E-state index in [4.69, 9.17) is 0 Å². The van der Waals surface area contributed by atoms with Gasteiger partial charge in [0.05, 0.1) is 12.3 Å². The van der Waals surface area contributed by atoms with Crippen LogP contribution in [0.15, 0.2) is 18.6 Å². The topological polar surface area (TPSA) is 58.0 Å². The average Bonchev–Trinajstić information content (AvgIpc) is 2.39. The zero-order valence-corrected chi connectivity index (χ0v) is 9.52. The summed E-state index contributed by atoms with van der Waals surface area (Å²) in [6, 6.07) is 0. The molecule has 2 rings (SSSR count). The van der Waals surface area contributed by atoms with Gasteiger partial charge in [-0.3, -0.25) is 9.97 Å². The van der Waals surface area contributed by atoms with E-state index < -0.39 is 0 Å². The molecule has 1 aliphatic rings. The molecule has 88 valence electrons. The minimum Gasteiger partial charge on any atom is -0.394 e. The van der Waals surface area contributed by atoms with Gasteiger partial charge in [0.1, 0.15) is 0 Å². The van der Waals surface area contributed by atoms with Crippen LogP contribution in [0.5, 0.6) is 0 Å². The van der Waals surface area contributed by atoms with Crippen LogP contribution in [0.3, 0.4) is 0 Å². The summed E-state index contributed by atoms with van der Waals surface area (Å²) >= 11 is 0. The average molecular weight is 221 g/mol. The van der Waals surface area contributed by atoms with Gasteiger partial charge >= 0.3 is 0 Å². The van der Waals surface area contributed by atoms with Crippen LogP contribution in [0.1, 0.15) is 37.8 Å². The van der Waals surface area contributed by atoms with E-state index in [0.29, 0.717) is 6.54 Å². The SMILES string of the molecule is OCC1(NCc2cnccn2)CCCCC1. The maximum atomic E-state index is 9.52. The zero-order valence-electron chi connectivity index (χ0n) is 9.52. The summed E-state index contributed by atoms with van der Waals surface area (Å²) in [6.45, 7) is 0.904. The lowest BCUT2D eigenvalue weighted by Gasteiger charge is -2.36. The highest BCUT2D eigenvalue weighted by molar-refractivity contribution is 4.98. The van der Waals surface area contributed by atoms with Crippen molar-refractivity contribution in [2.24, 2.45) is 0 Å². The number of hydrogen-bond acceptors (Lipinski definition) is 4. The maximum Gasteiger partial charge on any atom is 0.0724 e. The molecule has 4 heteroatoms. The molecule has 0 saturated heterocycles. The van der Waals surface area contributed by atoms with E-state index in [-0.39, 0.29) is 12.1 Å². The predicted octanol–water partition coefficient (Wildman–Crippen LogP) is 1.26. The Labute approximate surface area is 96.1 Å². The lowest BCUT2D eigenvalue weighted by atomic mass is 9.82. The Kier molecular flexibility index (Phi) is 3.85. The van der Waals surface area contributed by atoms with Crippen LogP contribution < -0.4 is 5.32 Å². The first-order valence-electron chi connectivity index (χ1n) is 5.95. The van der Waals surface area contributed by atoms with Crippen molar-refractivity contribution in [3.63, 3.8) is 0 Å². The summed E-state index contributed by atoms with van der Waals surface area (Å²) < 4.78 is 0. The lowest BCUT2D eigenvalue weighted by Crippen LogP contribution is -2.49. The van der Waals surface area contributed by atoms with Gasteiger partial charge < -0.3 is 10.4 Å². The number of nitrogens with one attached hydrogen (secondary N) is 1. The van der Waals surface area contributed by atoms with Crippen molar-refractivity contribution in [3.8, 4) is 0 Å². The molecule has 16 heavy (non-hydrogen) atoms. The van der Waals surface area contributed by atoms with E-state index >= 15 is 0 Å². The molecule has 1 aromatic rings. The summed E-state index contributed by atoms with van der Waals surface area (Å²) in [5.74, 6) is 0. The summed E-state index contributed by atoms with van der Waals surface area (Å²) in [5, 5.41) is 13.0. The maximum absolute atomic E-state index is 9.52. The molecule has 0 spiro atoms. The summed E-state index contributed by atoms with van der Waals surface area (Å²) in [5.41, 5.74) is 0.844. The number of nitrogens with zero attached hydrogens (tertiary/aromatic N) is 2. The van der Waals surface area contributed by atoms with Crippen LogP contribution >= 0.6 is 0 Å². The minimum absolute atomic E-state index is 0.0875. The number of rotatable bonds is 4. The second kappa shape index (κ2) is 5.37. The second-order valence-corrected chi connectivity index (χ2v) is 4.55. The number of aliphatic hydroxyl groups is 1. The highest BCUT2D eigenvalue weighted by Crippen LogP contribution is 2.27. The standard InChI is InChI=1S/C12H19N3O/c16-10-12(4-2-1-3-5-12)15-9-11-8-13-6-7-14-11/h6-8,15-16H,1-5,9-10H2. The van der Waals surface area contributed by atoms with Crippen molar-refractivity contribution < 1.29 is 5.11 Å². The highest BCUT2D eigenvalue weighted by Gasteiger charge is 2.30. The third-order valence-corrected chi connectivity index (χ3v) is 3.37. The number of hydrogen-bond donors (Lipinski definition) is 2. The Hall–Kier alpha value is -1.00. The first-order valence-corrected chi connectivity index (χ1v) is 5.95. The Bertz CT molecular complexity index is 309. The fourth-order valence-corrected chi connectivity index (χ4v) is 2.32. The molecule has 0 radical (unpaired) electrons. The van der Waals surface area contributed by atoms with Crippen molar-refractivity contribution in [3.05, 3.63) is 24.3 Å². The van der Waals surface area contributed by atoms with Crippen LogP contribution in [0.25, 0.3) is 0 Å². The Morgan fingerprint density at radius 1 is 1.25 bits per heavy atom. The van der Waals surface area contributed by atoms with Gasteiger partial charge in [0.25, 0.3) is 0 Å². The van der Waals surface area contributed by atoms with E-state index in [1.54, 1.807) is 18.6 Å². The summed E-state index contributed by atoms with van der Waals surface area (Å²) in [6.07, 6.45) is 10.9. The molecule has 4 nitrogen and oxygen atoms in total. The Balaban J connectivity index is 1.92. The van der Waals surface area contributed by atoms with Crippen LogP contribution in [0.4, 0.5) is 0 Å². The number of aliphatic hydroxyl groups excluding tert-OH is 1. The molecule has 0 unspecified atom stereocenters. The zero-order chi connectivity index (χ0) is 11.3. The highest BCUT2D eigenvalue weighted by atomic mass is 16.3. The Morgan fingerprint density at radius 2 is 2.06 bits per heavy atom. The quantitative estimate of drug-likeness (QED) is 0.803. The fourth-order valence-electron chi connectivity index (χ4n) is 2.32.